The Morgan fingerprint density at radius 1 is 1.05 bits per heavy atom. The van der Waals surface area contributed by atoms with Gasteiger partial charge in [0.05, 0.1) is 6.54 Å². The van der Waals surface area contributed by atoms with Gasteiger partial charge in [-0.05, 0) is 17.7 Å². The van der Waals surface area contributed by atoms with E-state index in [0.29, 0.717) is 21.1 Å². The molecule has 3 rings (SSSR count). The van der Waals surface area contributed by atoms with Crippen molar-refractivity contribution in [3.05, 3.63) is 69.5 Å². The Balaban J connectivity index is 1.96. The van der Waals surface area contributed by atoms with Gasteiger partial charge in [-0.15, -0.1) is 0 Å². The molecule has 6 nitrogen and oxygen atoms in total. The van der Waals surface area contributed by atoms with Gasteiger partial charge in [-0.2, -0.15) is 0 Å². The van der Waals surface area contributed by atoms with E-state index in [9.17, 15) is 10.4 Å². The number of benzene rings is 2. The summed E-state index contributed by atoms with van der Waals surface area (Å²) in [6, 6.07) is 14.0. The number of hydrogen-bond donors (Lipinski definition) is 1. The lowest BCUT2D eigenvalue weighted by Crippen LogP contribution is -2.44. The highest BCUT2D eigenvalue weighted by Crippen LogP contribution is 2.14. The molecule has 2 aromatic carbocycles. The van der Waals surface area contributed by atoms with E-state index in [1.165, 1.54) is 12.1 Å². The monoisotopic (exact) mass is 302 g/mol. The third kappa shape index (κ3) is 2.66. The van der Waals surface area contributed by atoms with Gasteiger partial charge in [0.2, 0.25) is 5.10 Å². The number of halogens is 1. The first-order chi connectivity index (χ1) is 10.1. The highest BCUT2D eigenvalue weighted by molar-refractivity contribution is 6.31. The Morgan fingerprint density at radius 3 is 2.57 bits per heavy atom. The van der Waals surface area contributed by atoms with Crippen molar-refractivity contribution < 1.29 is 9.58 Å². The van der Waals surface area contributed by atoms with Crippen LogP contribution in [-0.4, -0.2) is 5.10 Å². The summed E-state index contributed by atoms with van der Waals surface area (Å²) < 4.78 is 0.586. The third-order valence-corrected chi connectivity index (χ3v) is 3.27. The van der Waals surface area contributed by atoms with Crippen molar-refractivity contribution in [1.82, 2.24) is 5.10 Å². The molecule has 1 heterocycles. The van der Waals surface area contributed by atoms with Crippen LogP contribution < -0.4 is 14.9 Å². The van der Waals surface area contributed by atoms with Crippen LogP contribution in [0.15, 0.2) is 48.5 Å². The topological polar surface area (TPSA) is 78.8 Å². The van der Waals surface area contributed by atoms with Gasteiger partial charge in [0, 0.05) is 15.9 Å². The fourth-order valence-corrected chi connectivity index (χ4v) is 2.17. The van der Waals surface area contributed by atoms with Crippen LogP contribution in [0.1, 0.15) is 5.56 Å². The van der Waals surface area contributed by atoms with Crippen LogP contribution in [0.2, 0.25) is 5.02 Å². The second-order valence-electron chi connectivity index (χ2n) is 4.46. The molecule has 0 saturated heterocycles. The normalized spacial score (nSPS) is 10.7. The van der Waals surface area contributed by atoms with Gasteiger partial charge >= 0.3 is 11.5 Å². The van der Waals surface area contributed by atoms with Crippen LogP contribution in [0.25, 0.3) is 11.0 Å². The lowest BCUT2D eigenvalue weighted by Gasteiger charge is -2.10. The summed E-state index contributed by atoms with van der Waals surface area (Å²) in [5, 5.41) is 31.0. The Bertz CT molecular complexity index is 796. The fraction of sp³-hybridized carbons (Fsp3) is 0.0714. The highest BCUT2D eigenvalue weighted by atomic mass is 35.5. The van der Waals surface area contributed by atoms with Crippen LogP contribution in [0.3, 0.4) is 0 Å². The first kappa shape index (κ1) is 13.4. The quantitative estimate of drug-likeness (QED) is 0.591. The molecule has 0 spiro atoms. The molecule has 0 radical (unpaired) electrons. The summed E-state index contributed by atoms with van der Waals surface area (Å²) in [7, 11) is 0. The van der Waals surface area contributed by atoms with Gasteiger partial charge in [-0.3, -0.25) is 5.32 Å². The van der Waals surface area contributed by atoms with Crippen molar-refractivity contribution in [2.24, 2.45) is 0 Å². The van der Waals surface area contributed by atoms with Crippen LogP contribution in [0.4, 0.5) is 5.95 Å². The molecule has 7 heteroatoms. The van der Waals surface area contributed by atoms with Crippen molar-refractivity contribution in [1.29, 1.82) is 0 Å². The lowest BCUT2D eigenvalue weighted by atomic mass is 10.2. The number of hydrogen-bond acceptors (Lipinski definition) is 4. The molecule has 106 valence electrons. The maximum Gasteiger partial charge on any atom is 0.461 e. The third-order valence-electron chi connectivity index (χ3n) is 3.03. The smallest absolute Gasteiger partial charge is 0.461 e. The zero-order valence-electron chi connectivity index (χ0n) is 10.9. The van der Waals surface area contributed by atoms with Crippen LogP contribution in [0.5, 0.6) is 0 Å². The summed E-state index contributed by atoms with van der Waals surface area (Å²) in [4.78, 5) is 0.392. The van der Waals surface area contributed by atoms with Gasteiger partial charge in [0.15, 0.2) is 5.52 Å². The molecule has 0 atom stereocenters. The van der Waals surface area contributed by atoms with E-state index in [0.717, 1.165) is 5.56 Å². The Kier molecular flexibility index (Phi) is 3.45. The number of nitrogens with zero attached hydrogens (tertiary/aromatic N) is 3. The average molecular weight is 303 g/mol. The zero-order chi connectivity index (χ0) is 14.8. The molecule has 21 heavy (non-hydrogen) atoms. The number of anilines is 1. The summed E-state index contributed by atoms with van der Waals surface area (Å²) in [5.74, 6) is -0.0522. The van der Waals surface area contributed by atoms with Crippen molar-refractivity contribution >= 4 is 28.6 Å². The summed E-state index contributed by atoms with van der Waals surface area (Å²) >= 11 is 5.82. The highest BCUT2D eigenvalue weighted by Gasteiger charge is 2.20. The van der Waals surface area contributed by atoms with E-state index in [1.54, 1.807) is 6.07 Å². The minimum Gasteiger partial charge on any atom is -0.739 e. The van der Waals surface area contributed by atoms with Crippen molar-refractivity contribution in [3.8, 4) is 0 Å². The SMILES string of the molecule is [O-][n+]1nc(NCc2ccccc2)[n+]([O-])c2ccc(Cl)cc21. The molecule has 0 bridgehead atoms. The van der Waals surface area contributed by atoms with Crippen LogP contribution in [0, 0.1) is 10.4 Å². The number of aromatic nitrogens is 3. The minimum atomic E-state index is -0.0522. The van der Waals surface area contributed by atoms with E-state index >= 15 is 0 Å². The predicted molar refractivity (Wildman–Crippen MR) is 78.4 cm³/mol. The van der Waals surface area contributed by atoms with E-state index in [-0.39, 0.29) is 17.0 Å². The first-order valence-corrected chi connectivity index (χ1v) is 6.63. The van der Waals surface area contributed by atoms with Gasteiger partial charge in [-0.25, -0.2) is 4.73 Å². The zero-order valence-corrected chi connectivity index (χ0v) is 11.6. The summed E-state index contributed by atoms with van der Waals surface area (Å²) in [6.07, 6.45) is 0. The van der Waals surface area contributed by atoms with Crippen molar-refractivity contribution in [2.75, 3.05) is 5.32 Å². The number of nitrogens with one attached hydrogen (secondary N) is 1. The van der Waals surface area contributed by atoms with E-state index in [1.807, 2.05) is 30.3 Å². The van der Waals surface area contributed by atoms with Crippen LogP contribution >= 0.6 is 11.6 Å². The molecule has 0 aliphatic carbocycles. The van der Waals surface area contributed by atoms with Crippen molar-refractivity contribution in [2.45, 2.75) is 6.54 Å². The number of fused-ring (bicyclic) bond motifs is 1. The molecule has 0 aliphatic rings. The molecule has 0 saturated carbocycles. The molecule has 0 aliphatic heterocycles. The average Bonchev–Trinajstić information content (AvgIpc) is 2.50. The van der Waals surface area contributed by atoms with E-state index < -0.39 is 0 Å². The molecule has 3 aromatic rings. The maximum absolute atomic E-state index is 12.2. The van der Waals surface area contributed by atoms with Crippen molar-refractivity contribution in [3.63, 3.8) is 0 Å². The van der Waals surface area contributed by atoms with E-state index in [2.05, 4.69) is 10.4 Å². The van der Waals surface area contributed by atoms with Gasteiger partial charge in [0.1, 0.15) is 0 Å². The van der Waals surface area contributed by atoms with Gasteiger partial charge in [-0.1, -0.05) is 41.9 Å². The Morgan fingerprint density at radius 2 is 1.81 bits per heavy atom. The molecule has 1 aromatic heterocycles. The second-order valence-corrected chi connectivity index (χ2v) is 4.90. The van der Waals surface area contributed by atoms with Gasteiger partial charge in [0.25, 0.3) is 0 Å². The Labute approximate surface area is 125 Å². The second kappa shape index (κ2) is 5.41. The van der Waals surface area contributed by atoms with Crippen LogP contribution in [-0.2, 0) is 6.54 Å². The van der Waals surface area contributed by atoms with E-state index in [4.69, 9.17) is 11.6 Å². The number of rotatable bonds is 3. The standard InChI is InChI=1S/C14H11ClN4O2/c15-11-6-7-12-13(8-11)19(21)17-14(18(12)20)16-9-10-4-2-1-3-5-10/h1-8H,9H2,(H,16,17). The van der Waals surface area contributed by atoms with Gasteiger partial charge < -0.3 is 10.4 Å². The lowest BCUT2D eigenvalue weighted by molar-refractivity contribution is -0.672. The maximum atomic E-state index is 12.2. The molecule has 0 amide bonds. The fourth-order valence-electron chi connectivity index (χ4n) is 2.00. The predicted octanol–water partition coefficient (Wildman–Crippen LogP) is 1.77. The first-order valence-electron chi connectivity index (χ1n) is 6.25. The summed E-state index contributed by atoms with van der Waals surface area (Å²) in [5.41, 5.74) is 1.32. The Hall–Kier alpha value is -2.60. The molecule has 0 unspecified atom stereocenters. The minimum absolute atomic E-state index is 0.0522. The largest absolute Gasteiger partial charge is 0.739 e. The molecular weight excluding hydrogens is 292 g/mol. The molecular formula is C14H11ClN4O2. The molecule has 1 N–H and O–H groups in total. The summed E-state index contributed by atoms with van der Waals surface area (Å²) in [6.45, 7) is 0.398. The molecule has 0 fully saturated rings.